The molecule has 1 N–H and O–H groups in total. The minimum absolute atomic E-state index is 0.0153. The molecule has 0 aromatic heterocycles. The van der Waals surface area contributed by atoms with Gasteiger partial charge in [-0.3, -0.25) is 0 Å². The number of hydrogen-bond acceptors (Lipinski definition) is 2. The van der Waals surface area contributed by atoms with Crippen molar-refractivity contribution in [2.45, 2.75) is 18.7 Å². The maximum atomic E-state index is 13.9. The van der Waals surface area contributed by atoms with Crippen molar-refractivity contribution < 1.29 is 8.78 Å². The molecular formula is C16H15F2NS. The molecule has 0 spiro atoms. The van der Waals surface area contributed by atoms with Crippen molar-refractivity contribution in [2.24, 2.45) is 0 Å². The Bertz CT molecular complexity index is 642. The first-order valence-corrected chi connectivity index (χ1v) is 7.68. The number of anilines is 1. The normalized spacial score (nSPS) is 17.6. The number of hydrogen-bond donors (Lipinski definition) is 1. The lowest BCUT2D eigenvalue weighted by Crippen LogP contribution is -2.19. The second-order valence-electron chi connectivity index (χ2n) is 4.99. The first kappa shape index (κ1) is 13.4. The number of benzene rings is 2. The molecule has 1 aliphatic heterocycles. The third-order valence-electron chi connectivity index (χ3n) is 3.55. The van der Waals surface area contributed by atoms with E-state index >= 15 is 0 Å². The molecule has 0 amide bonds. The topological polar surface area (TPSA) is 12.0 Å². The lowest BCUT2D eigenvalue weighted by molar-refractivity contribution is 0.593. The van der Waals surface area contributed by atoms with Gasteiger partial charge in [-0.2, -0.15) is 11.8 Å². The molecule has 2 aromatic rings. The molecule has 1 aliphatic rings. The Morgan fingerprint density at radius 2 is 1.95 bits per heavy atom. The standard InChI is InChI=1S/C16H15F2NS/c1-10-6-14(18)15(7-13(10)17)19-16-9-20-8-11-4-2-3-5-12(11)16/h2-7,16,19H,8-9H2,1H3. The quantitative estimate of drug-likeness (QED) is 0.862. The molecule has 0 fully saturated rings. The van der Waals surface area contributed by atoms with Crippen LogP contribution in [0.3, 0.4) is 0 Å². The highest BCUT2D eigenvalue weighted by atomic mass is 32.2. The fourth-order valence-electron chi connectivity index (χ4n) is 2.45. The molecule has 2 aromatic carbocycles. The van der Waals surface area contributed by atoms with Gasteiger partial charge >= 0.3 is 0 Å². The van der Waals surface area contributed by atoms with E-state index in [2.05, 4.69) is 17.4 Å². The lowest BCUT2D eigenvalue weighted by Gasteiger charge is -2.27. The molecular weight excluding hydrogens is 276 g/mol. The van der Waals surface area contributed by atoms with E-state index in [1.807, 2.05) is 12.1 Å². The predicted molar refractivity (Wildman–Crippen MR) is 80.1 cm³/mol. The molecule has 1 unspecified atom stereocenters. The van der Waals surface area contributed by atoms with E-state index in [0.717, 1.165) is 11.5 Å². The zero-order chi connectivity index (χ0) is 14.1. The van der Waals surface area contributed by atoms with E-state index < -0.39 is 5.82 Å². The van der Waals surface area contributed by atoms with Crippen LogP contribution >= 0.6 is 11.8 Å². The van der Waals surface area contributed by atoms with E-state index in [4.69, 9.17) is 0 Å². The molecule has 1 nitrogen and oxygen atoms in total. The zero-order valence-electron chi connectivity index (χ0n) is 11.1. The van der Waals surface area contributed by atoms with Gasteiger partial charge in [-0.25, -0.2) is 8.78 Å². The minimum atomic E-state index is -0.406. The summed E-state index contributed by atoms with van der Waals surface area (Å²) in [6.07, 6.45) is 0. The Kier molecular flexibility index (Phi) is 3.66. The monoisotopic (exact) mass is 291 g/mol. The summed E-state index contributed by atoms with van der Waals surface area (Å²) in [6, 6.07) is 10.6. The zero-order valence-corrected chi connectivity index (χ0v) is 11.9. The van der Waals surface area contributed by atoms with Crippen molar-refractivity contribution >= 4 is 17.4 Å². The number of fused-ring (bicyclic) bond motifs is 1. The molecule has 20 heavy (non-hydrogen) atoms. The summed E-state index contributed by atoms with van der Waals surface area (Å²) in [6.45, 7) is 1.56. The summed E-state index contributed by atoms with van der Waals surface area (Å²) in [7, 11) is 0. The fraction of sp³-hybridized carbons (Fsp3) is 0.250. The van der Waals surface area contributed by atoms with Crippen LogP contribution in [0.2, 0.25) is 0 Å². The summed E-state index contributed by atoms with van der Waals surface area (Å²) >= 11 is 1.80. The van der Waals surface area contributed by atoms with Crippen LogP contribution in [-0.4, -0.2) is 5.75 Å². The van der Waals surface area contributed by atoms with E-state index in [1.54, 1.807) is 18.7 Å². The minimum Gasteiger partial charge on any atom is -0.375 e. The van der Waals surface area contributed by atoms with Crippen LogP contribution in [0.4, 0.5) is 14.5 Å². The van der Waals surface area contributed by atoms with Gasteiger partial charge in [0, 0.05) is 17.6 Å². The second-order valence-corrected chi connectivity index (χ2v) is 6.02. The highest BCUT2D eigenvalue weighted by Crippen LogP contribution is 2.34. The number of nitrogens with one attached hydrogen (secondary N) is 1. The molecule has 3 rings (SSSR count). The summed E-state index contributed by atoms with van der Waals surface area (Å²) in [4.78, 5) is 0. The van der Waals surface area contributed by atoms with Gasteiger partial charge in [0.25, 0.3) is 0 Å². The Labute approximate surface area is 121 Å². The molecule has 0 saturated carbocycles. The van der Waals surface area contributed by atoms with Gasteiger partial charge in [0.15, 0.2) is 0 Å². The van der Waals surface area contributed by atoms with Crippen LogP contribution in [0, 0.1) is 18.6 Å². The second kappa shape index (κ2) is 5.44. The van der Waals surface area contributed by atoms with Gasteiger partial charge < -0.3 is 5.32 Å². The molecule has 1 heterocycles. The molecule has 0 saturated heterocycles. The predicted octanol–water partition coefficient (Wildman–Crippen LogP) is 4.67. The van der Waals surface area contributed by atoms with Gasteiger partial charge in [0.05, 0.1) is 11.7 Å². The highest BCUT2D eigenvalue weighted by molar-refractivity contribution is 7.98. The van der Waals surface area contributed by atoms with Gasteiger partial charge in [0.1, 0.15) is 11.6 Å². The van der Waals surface area contributed by atoms with Crippen molar-refractivity contribution in [1.29, 1.82) is 0 Å². The Morgan fingerprint density at radius 3 is 2.80 bits per heavy atom. The van der Waals surface area contributed by atoms with Crippen LogP contribution in [-0.2, 0) is 5.75 Å². The molecule has 4 heteroatoms. The van der Waals surface area contributed by atoms with Crippen molar-refractivity contribution in [3.8, 4) is 0 Å². The van der Waals surface area contributed by atoms with Crippen LogP contribution in [0.15, 0.2) is 36.4 Å². The molecule has 0 bridgehead atoms. The summed E-state index contributed by atoms with van der Waals surface area (Å²) in [5.74, 6) is 1.04. The average Bonchev–Trinajstić information content (AvgIpc) is 2.45. The smallest absolute Gasteiger partial charge is 0.146 e. The number of aryl methyl sites for hydroxylation is 1. The average molecular weight is 291 g/mol. The highest BCUT2D eigenvalue weighted by Gasteiger charge is 2.21. The number of rotatable bonds is 2. The van der Waals surface area contributed by atoms with Gasteiger partial charge in [-0.1, -0.05) is 24.3 Å². The first-order chi connectivity index (χ1) is 9.65. The third-order valence-corrected chi connectivity index (χ3v) is 4.63. The fourth-order valence-corrected chi connectivity index (χ4v) is 3.55. The lowest BCUT2D eigenvalue weighted by atomic mass is 10.0. The number of halogens is 2. The van der Waals surface area contributed by atoms with E-state index in [0.29, 0.717) is 5.56 Å². The maximum absolute atomic E-state index is 13.9. The van der Waals surface area contributed by atoms with E-state index in [1.165, 1.54) is 23.3 Å². The SMILES string of the molecule is Cc1cc(F)c(NC2CSCc3ccccc32)cc1F. The first-order valence-electron chi connectivity index (χ1n) is 6.53. The molecule has 0 radical (unpaired) electrons. The summed E-state index contributed by atoms with van der Waals surface area (Å²) in [5, 5.41) is 3.14. The van der Waals surface area contributed by atoms with Gasteiger partial charge in [-0.05, 0) is 29.7 Å². The van der Waals surface area contributed by atoms with Crippen molar-refractivity contribution in [2.75, 3.05) is 11.1 Å². The van der Waals surface area contributed by atoms with Gasteiger partial charge in [0.2, 0.25) is 0 Å². The molecule has 0 aliphatic carbocycles. The molecule has 104 valence electrons. The maximum Gasteiger partial charge on any atom is 0.146 e. The third kappa shape index (κ3) is 2.52. The van der Waals surface area contributed by atoms with Gasteiger partial charge in [-0.15, -0.1) is 0 Å². The summed E-state index contributed by atoms with van der Waals surface area (Å²) < 4.78 is 27.5. The largest absolute Gasteiger partial charge is 0.375 e. The molecule has 1 atom stereocenters. The van der Waals surface area contributed by atoms with Crippen molar-refractivity contribution in [3.63, 3.8) is 0 Å². The van der Waals surface area contributed by atoms with Crippen LogP contribution in [0.5, 0.6) is 0 Å². The van der Waals surface area contributed by atoms with Crippen LogP contribution in [0.1, 0.15) is 22.7 Å². The summed E-state index contributed by atoms with van der Waals surface area (Å²) in [5.41, 5.74) is 2.99. The van der Waals surface area contributed by atoms with Crippen molar-refractivity contribution in [3.05, 3.63) is 64.7 Å². The van der Waals surface area contributed by atoms with Crippen molar-refractivity contribution in [1.82, 2.24) is 0 Å². The Balaban J connectivity index is 1.91. The van der Waals surface area contributed by atoms with Crippen LogP contribution < -0.4 is 5.32 Å². The van der Waals surface area contributed by atoms with Crippen LogP contribution in [0.25, 0.3) is 0 Å². The number of thioether (sulfide) groups is 1. The Hall–Kier alpha value is -1.55. The van der Waals surface area contributed by atoms with E-state index in [-0.39, 0.29) is 17.5 Å². The Morgan fingerprint density at radius 1 is 1.15 bits per heavy atom. The van der Waals surface area contributed by atoms with E-state index in [9.17, 15) is 8.78 Å².